The molecular formula is C18H24BrN3O2S. The Morgan fingerprint density at radius 1 is 1.40 bits per heavy atom. The summed E-state index contributed by atoms with van der Waals surface area (Å²) in [6.45, 7) is 7.54. The van der Waals surface area contributed by atoms with Crippen LogP contribution in [0.2, 0.25) is 0 Å². The van der Waals surface area contributed by atoms with E-state index in [9.17, 15) is 9.59 Å². The maximum atomic E-state index is 12.8. The fraction of sp³-hybridized carbons (Fsp3) is 0.500. The molecule has 1 N–H and O–H groups in total. The van der Waals surface area contributed by atoms with Gasteiger partial charge in [-0.2, -0.15) is 0 Å². The van der Waals surface area contributed by atoms with Gasteiger partial charge in [-0.1, -0.05) is 48.5 Å². The molecule has 0 saturated carbocycles. The van der Waals surface area contributed by atoms with E-state index >= 15 is 0 Å². The highest BCUT2D eigenvalue weighted by molar-refractivity contribution is 9.10. The van der Waals surface area contributed by atoms with Gasteiger partial charge in [-0.3, -0.25) is 14.2 Å². The summed E-state index contributed by atoms with van der Waals surface area (Å²) in [5, 5.41) is 4.10. The van der Waals surface area contributed by atoms with Gasteiger partial charge in [0.05, 0.1) is 16.7 Å². The van der Waals surface area contributed by atoms with Gasteiger partial charge in [-0.05, 0) is 37.0 Å². The second-order valence-electron chi connectivity index (χ2n) is 6.33. The fourth-order valence-electron chi connectivity index (χ4n) is 2.39. The number of thioether (sulfide) groups is 1. The van der Waals surface area contributed by atoms with Crippen molar-refractivity contribution < 1.29 is 4.79 Å². The molecule has 0 aliphatic carbocycles. The van der Waals surface area contributed by atoms with Crippen molar-refractivity contribution in [2.75, 3.05) is 12.3 Å². The first-order valence-corrected chi connectivity index (χ1v) is 10.3. The number of nitrogens with zero attached hydrogens (tertiary/aromatic N) is 2. The van der Waals surface area contributed by atoms with Crippen LogP contribution in [-0.2, 0) is 11.3 Å². The Balaban J connectivity index is 2.19. The van der Waals surface area contributed by atoms with Crippen molar-refractivity contribution in [2.24, 2.45) is 5.92 Å². The molecule has 25 heavy (non-hydrogen) atoms. The van der Waals surface area contributed by atoms with Crippen LogP contribution in [0, 0.1) is 5.92 Å². The van der Waals surface area contributed by atoms with Gasteiger partial charge in [0.25, 0.3) is 5.56 Å². The number of amides is 1. The van der Waals surface area contributed by atoms with Crippen molar-refractivity contribution in [1.82, 2.24) is 14.9 Å². The van der Waals surface area contributed by atoms with E-state index in [2.05, 4.69) is 40.1 Å². The molecule has 1 aromatic heterocycles. The Bertz CT molecular complexity index is 805. The minimum atomic E-state index is -0.0594. The van der Waals surface area contributed by atoms with Gasteiger partial charge in [-0.15, -0.1) is 0 Å². The van der Waals surface area contributed by atoms with Crippen molar-refractivity contribution in [1.29, 1.82) is 0 Å². The Labute approximate surface area is 160 Å². The predicted molar refractivity (Wildman–Crippen MR) is 107 cm³/mol. The highest BCUT2D eigenvalue weighted by Gasteiger charge is 2.13. The van der Waals surface area contributed by atoms with E-state index in [1.165, 1.54) is 11.8 Å². The summed E-state index contributed by atoms with van der Waals surface area (Å²) >= 11 is 4.71. The van der Waals surface area contributed by atoms with Gasteiger partial charge < -0.3 is 5.32 Å². The van der Waals surface area contributed by atoms with E-state index < -0.39 is 0 Å². The first kappa shape index (κ1) is 20.0. The molecule has 0 unspecified atom stereocenters. The van der Waals surface area contributed by atoms with E-state index in [4.69, 9.17) is 0 Å². The third kappa shape index (κ3) is 5.57. The van der Waals surface area contributed by atoms with Crippen LogP contribution in [0.15, 0.2) is 32.6 Å². The molecule has 0 fully saturated rings. The summed E-state index contributed by atoms with van der Waals surface area (Å²) in [6.07, 6.45) is 1.79. The number of carbonyl (C=O) groups is 1. The lowest BCUT2D eigenvalue weighted by molar-refractivity contribution is -0.118. The Morgan fingerprint density at radius 3 is 2.84 bits per heavy atom. The lowest BCUT2D eigenvalue weighted by atomic mass is 10.1. The molecule has 0 saturated heterocycles. The smallest absolute Gasteiger partial charge is 0.262 e. The molecule has 136 valence electrons. The van der Waals surface area contributed by atoms with Crippen LogP contribution in [0.5, 0.6) is 0 Å². The summed E-state index contributed by atoms with van der Waals surface area (Å²) < 4.78 is 2.52. The monoisotopic (exact) mass is 425 g/mol. The lowest BCUT2D eigenvalue weighted by Crippen LogP contribution is -2.28. The zero-order valence-electron chi connectivity index (χ0n) is 14.8. The summed E-state index contributed by atoms with van der Waals surface area (Å²) in [5.74, 6) is 0.791. The summed E-state index contributed by atoms with van der Waals surface area (Å²) in [7, 11) is 0. The molecule has 1 aromatic carbocycles. The van der Waals surface area contributed by atoms with Gasteiger partial charge >= 0.3 is 0 Å². The SMILES string of the molecule is CCCn1c(SCC(=O)NCCC(C)C)nc2ccc(Br)cc2c1=O. The van der Waals surface area contributed by atoms with Crippen molar-refractivity contribution in [3.05, 3.63) is 33.0 Å². The van der Waals surface area contributed by atoms with Gasteiger partial charge in [-0.25, -0.2) is 4.98 Å². The van der Waals surface area contributed by atoms with Gasteiger partial charge in [0.1, 0.15) is 0 Å². The fourth-order valence-corrected chi connectivity index (χ4v) is 3.60. The molecular weight excluding hydrogens is 402 g/mol. The van der Waals surface area contributed by atoms with Crippen molar-refractivity contribution in [3.63, 3.8) is 0 Å². The normalized spacial score (nSPS) is 11.2. The number of aromatic nitrogens is 2. The zero-order valence-corrected chi connectivity index (χ0v) is 17.2. The average Bonchev–Trinajstić information content (AvgIpc) is 2.56. The first-order chi connectivity index (χ1) is 11.9. The van der Waals surface area contributed by atoms with Crippen molar-refractivity contribution in [2.45, 2.75) is 45.3 Å². The predicted octanol–water partition coefficient (Wildman–Crippen LogP) is 3.82. The quantitative estimate of drug-likeness (QED) is 0.515. The van der Waals surface area contributed by atoms with E-state index in [0.29, 0.717) is 35.1 Å². The number of benzene rings is 1. The number of fused-ring (bicyclic) bond motifs is 1. The number of nitrogens with one attached hydrogen (secondary N) is 1. The molecule has 5 nitrogen and oxygen atoms in total. The minimum Gasteiger partial charge on any atom is -0.355 e. The molecule has 0 bridgehead atoms. The molecule has 1 heterocycles. The van der Waals surface area contributed by atoms with Crippen molar-refractivity contribution in [3.8, 4) is 0 Å². The number of hydrogen-bond donors (Lipinski definition) is 1. The third-order valence-electron chi connectivity index (χ3n) is 3.70. The van der Waals surface area contributed by atoms with Crippen LogP contribution < -0.4 is 10.9 Å². The molecule has 7 heteroatoms. The standard InChI is InChI=1S/C18H24BrN3O2S/c1-4-9-22-17(24)14-10-13(19)5-6-15(14)21-18(22)25-11-16(23)20-8-7-12(2)3/h5-6,10,12H,4,7-9,11H2,1-3H3,(H,20,23). The summed E-state index contributed by atoms with van der Waals surface area (Å²) in [5.41, 5.74) is 0.596. The van der Waals surface area contributed by atoms with Crippen LogP contribution in [0.4, 0.5) is 0 Å². The number of hydrogen-bond acceptors (Lipinski definition) is 4. The number of rotatable bonds is 8. The lowest BCUT2D eigenvalue weighted by Gasteiger charge is -2.12. The van der Waals surface area contributed by atoms with Gasteiger partial charge in [0.15, 0.2) is 5.16 Å². The average molecular weight is 426 g/mol. The van der Waals surface area contributed by atoms with E-state index in [1.807, 2.05) is 19.1 Å². The zero-order chi connectivity index (χ0) is 18.4. The minimum absolute atomic E-state index is 0.0288. The van der Waals surface area contributed by atoms with Crippen LogP contribution in [0.3, 0.4) is 0 Å². The summed E-state index contributed by atoms with van der Waals surface area (Å²) in [6, 6.07) is 5.49. The van der Waals surface area contributed by atoms with Gasteiger partial charge in [0.2, 0.25) is 5.91 Å². The van der Waals surface area contributed by atoms with Crippen LogP contribution >= 0.6 is 27.7 Å². The van der Waals surface area contributed by atoms with Crippen LogP contribution in [0.25, 0.3) is 10.9 Å². The van der Waals surface area contributed by atoms with E-state index in [-0.39, 0.29) is 17.2 Å². The van der Waals surface area contributed by atoms with Crippen LogP contribution in [0.1, 0.15) is 33.6 Å². The molecule has 0 radical (unpaired) electrons. The highest BCUT2D eigenvalue weighted by atomic mass is 79.9. The molecule has 0 spiro atoms. The number of carbonyl (C=O) groups excluding carboxylic acids is 1. The van der Waals surface area contributed by atoms with E-state index in [0.717, 1.165) is 17.3 Å². The second kappa shape index (κ2) is 9.38. The number of halogens is 1. The Morgan fingerprint density at radius 2 is 2.16 bits per heavy atom. The van der Waals surface area contributed by atoms with Crippen molar-refractivity contribution >= 4 is 44.5 Å². The van der Waals surface area contributed by atoms with Crippen LogP contribution in [-0.4, -0.2) is 27.8 Å². The topological polar surface area (TPSA) is 64.0 Å². The second-order valence-corrected chi connectivity index (χ2v) is 8.19. The molecule has 2 rings (SSSR count). The molecule has 0 aliphatic rings. The summed E-state index contributed by atoms with van der Waals surface area (Å²) in [4.78, 5) is 29.4. The molecule has 0 atom stereocenters. The highest BCUT2D eigenvalue weighted by Crippen LogP contribution is 2.20. The van der Waals surface area contributed by atoms with E-state index in [1.54, 1.807) is 10.6 Å². The maximum Gasteiger partial charge on any atom is 0.262 e. The largest absolute Gasteiger partial charge is 0.355 e. The molecule has 0 aliphatic heterocycles. The molecule has 1 amide bonds. The van der Waals surface area contributed by atoms with Gasteiger partial charge in [0, 0.05) is 17.6 Å². The first-order valence-electron chi connectivity index (χ1n) is 8.52. The third-order valence-corrected chi connectivity index (χ3v) is 5.17. The molecule has 2 aromatic rings. The Kier molecular flexibility index (Phi) is 7.50. The Hall–Kier alpha value is -1.34. The maximum absolute atomic E-state index is 12.8.